The third-order valence-corrected chi connectivity index (χ3v) is 6.06. The van der Waals surface area contributed by atoms with Gasteiger partial charge in [0.15, 0.2) is 5.60 Å². The van der Waals surface area contributed by atoms with Crippen molar-refractivity contribution in [3.05, 3.63) is 108 Å². The SMILES string of the molecule is O=C(OCc1ccccc1)C1(OCc2ccccc2)C[C@@H](O)C(OCc2ccccc2)[C@H](O)C1. The Balaban J connectivity index is 1.47. The topological polar surface area (TPSA) is 85.2 Å². The summed E-state index contributed by atoms with van der Waals surface area (Å²) in [5, 5.41) is 21.8. The van der Waals surface area contributed by atoms with Gasteiger partial charge in [0.1, 0.15) is 12.7 Å². The third-order valence-electron chi connectivity index (χ3n) is 6.06. The lowest BCUT2D eigenvalue weighted by atomic mass is 9.79. The van der Waals surface area contributed by atoms with Crippen molar-refractivity contribution in [2.75, 3.05) is 0 Å². The Bertz CT molecular complexity index is 1010. The number of ether oxygens (including phenoxy) is 3. The van der Waals surface area contributed by atoms with Crippen LogP contribution in [-0.4, -0.2) is 40.1 Å². The quantitative estimate of drug-likeness (QED) is 0.471. The highest BCUT2D eigenvalue weighted by Crippen LogP contribution is 2.36. The second-order valence-electron chi connectivity index (χ2n) is 8.63. The van der Waals surface area contributed by atoms with Gasteiger partial charge in [0, 0.05) is 12.8 Å². The molecular formula is C28H30O6. The van der Waals surface area contributed by atoms with Crippen LogP contribution < -0.4 is 0 Å². The maximum Gasteiger partial charge on any atom is 0.338 e. The van der Waals surface area contributed by atoms with Crippen molar-refractivity contribution in [2.45, 2.75) is 56.6 Å². The molecule has 2 atom stereocenters. The van der Waals surface area contributed by atoms with Crippen LogP contribution in [0, 0.1) is 0 Å². The number of esters is 1. The van der Waals surface area contributed by atoms with Gasteiger partial charge in [0.05, 0.1) is 25.4 Å². The van der Waals surface area contributed by atoms with Gasteiger partial charge < -0.3 is 24.4 Å². The zero-order chi connectivity index (χ0) is 23.8. The summed E-state index contributed by atoms with van der Waals surface area (Å²) >= 11 is 0. The fourth-order valence-electron chi connectivity index (χ4n) is 4.23. The summed E-state index contributed by atoms with van der Waals surface area (Å²) in [5.41, 5.74) is 1.16. The first-order chi connectivity index (χ1) is 16.6. The normalized spacial score (nSPS) is 24.5. The van der Waals surface area contributed by atoms with Gasteiger partial charge in [0.25, 0.3) is 0 Å². The monoisotopic (exact) mass is 462 g/mol. The van der Waals surface area contributed by atoms with E-state index in [1.807, 2.05) is 91.0 Å². The predicted molar refractivity (Wildman–Crippen MR) is 126 cm³/mol. The largest absolute Gasteiger partial charge is 0.459 e. The second kappa shape index (κ2) is 11.4. The number of carbonyl (C=O) groups is 1. The highest BCUT2D eigenvalue weighted by atomic mass is 16.6. The van der Waals surface area contributed by atoms with Crippen LogP contribution in [0.3, 0.4) is 0 Å². The molecule has 2 N–H and O–H groups in total. The first kappa shape index (κ1) is 24.1. The van der Waals surface area contributed by atoms with E-state index in [2.05, 4.69) is 0 Å². The van der Waals surface area contributed by atoms with Gasteiger partial charge >= 0.3 is 5.97 Å². The number of rotatable bonds is 9. The van der Waals surface area contributed by atoms with Gasteiger partial charge in [-0.15, -0.1) is 0 Å². The summed E-state index contributed by atoms with van der Waals surface area (Å²) in [6.45, 7) is 0.475. The van der Waals surface area contributed by atoms with Crippen LogP contribution in [0.4, 0.5) is 0 Å². The Labute approximate surface area is 199 Å². The molecule has 0 bridgehead atoms. The van der Waals surface area contributed by atoms with Crippen LogP contribution in [0.25, 0.3) is 0 Å². The maximum absolute atomic E-state index is 13.3. The smallest absolute Gasteiger partial charge is 0.338 e. The zero-order valence-electron chi connectivity index (χ0n) is 19.0. The van der Waals surface area contributed by atoms with Crippen LogP contribution in [-0.2, 0) is 38.8 Å². The lowest BCUT2D eigenvalue weighted by molar-refractivity contribution is -0.216. The average Bonchev–Trinajstić information content (AvgIpc) is 2.87. The minimum absolute atomic E-state index is 0.0377. The van der Waals surface area contributed by atoms with Crippen LogP contribution in [0.1, 0.15) is 29.5 Å². The molecule has 6 nitrogen and oxygen atoms in total. The molecule has 0 spiro atoms. The summed E-state index contributed by atoms with van der Waals surface area (Å²) in [6.07, 6.45) is -3.12. The average molecular weight is 463 g/mol. The van der Waals surface area contributed by atoms with E-state index in [1.54, 1.807) is 0 Å². The highest BCUT2D eigenvalue weighted by Gasteiger charge is 2.52. The van der Waals surface area contributed by atoms with E-state index >= 15 is 0 Å². The Morgan fingerprint density at radius 3 is 1.65 bits per heavy atom. The molecule has 6 heteroatoms. The second-order valence-corrected chi connectivity index (χ2v) is 8.63. The Morgan fingerprint density at radius 2 is 1.15 bits per heavy atom. The first-order valence-electron chi connectivity index (χ1n) is 11.5. The van der Waals surface area contributed by atoms with E-state index in [-0.39, 0.29) is 32.7 Å². The summed E-state index contributed by atoms with van der Waals surface area (Å²) < 4.78 is 17.6. The van der Waals surface area contributed by atoms with Gasteiger partial charge in [-0.1, -0.05) is 91.0 Å². The molecule has 34 heavy (non-hydrogen) atoms. The number of hydrogen-bond acceptors (Lipinski definition) is 6. The Morgan fingerprint density at radius 1 is 0.706 bits per heavy atom. The van der Waals surface area contributed by atoms with E-state index < -0.39 is 29.9 Å². The molecule has 1 fully saturated rings. The lowest BCUT2D eigenvalue weighted by Crippen LogP contribution is -2.58. The van der Waals surface area contributed by atoms with E-state index in [0.717, 1.165) is 16.7 Å². The Hall–Kier alpha value is -3.03. The van der Waals surface area contributed by atoms with Gasteiger partial charge in [-0.2, -0.15) is 0 Å². The maximum atomic E-state index is 13.3. The van der Waals surface area contributed by atoms with Crippen LogP contribution in [0.2, 0.25) is 0 Å². The molecule has 178 valence electrons. The molecular weight excluding hydrogens is 432 g/mol. The van der Waals surface area contributed by atoms with Crippen molar-refractivity contribution in [3.8, 4) is 0 Å². The standard InChI is InChI=1S/C28H30O6/c29-24-16-28(34-20-23-14-8-3-9-15-23,27(31)33-19-22-12-6-2-7-13-22)17-25(30)26(24)32-18-21-10-4-1-5-11-21/h1-15,24-26,29-30H,16-20H2/t24-,25-,26?,28?/m1/s1. The molecule has 3 aromatic carbocycles. The van der Waals surface area contributed by atoms with E-state index in [9.17, 15) is 15.0 Å². The number of hydrogen-bond donors (Lipinski definition) is 2. The molecule has 1 saturated carbocycles. The molecule has 0 unspecified atom stereocenters. The molecule has 0 heterocycles. The molecule has 0 aliphatic heterocycles. The molecule has 3 aromatic rings. The number of aliphatic hydroxyl groups is 2. The summed E-state index contributed by atoms with van der Waals surface area (Å²) in [6, 6.07) is 28.3. The highest BCUT2D eigenvalue weighted by molar-refractivity contribution is 5.80. The number of benzene rings is 3. The van der Waals surface area contributed by atoms with Crippen LogP contribution in [0.5, 0.6) is 0 Å². The molecule has 1 aliphatic rings. The van der Waals surface area contributed by atoms with Gasteiger partial charge in [-0.05, 0) is 16.7 Å². The summed E-state index contributed by atoms with van der Waals surface area (Å²) in [5.74, 6) is -0.605. The fraction of sp³-hybridized carbons (Fsp3) is 0.321. The number of carbonyl (C=O) groups excluding carboxylic acids is 1. The third kappa shape index (κ3) is 6.10. The van der Waals surface area contributed by atoms with Crippen molar-refractivity contribution in [1.82, 2.24) is 0 Å². The van der Waals surface area contributed by atoms with Gasteiger partial charge in [-0.25, -0.2) is 4.79 Å². The Kier molecular flexibility index (Phi) is 8.08. The van der Waals surface area contributed by atoms with Crippen molar-refractivity contribution in [1.29, 1.82) is 0 Å². The minimum atomic E-state index is -1.49. The molecule has 0 aromatic heterocycles. The fourth-order valence-corrected chi connectivity index (χ4v) is 4.23. The summed E-state index contributed by atoms with van der Waals surface area (Å²) in [7, 11) is 0. The van der Waals surface area contributed by atoms with Gasteiger partial charge in [0.2, 0.25) is 0 Å². The first-order valence-corrected chi connectivity index (χ1v) is 11.5. The van der Waals surface area contributed by atoms with E-state index in [1.165, 1.54) is 0 Å². The van der Waals surface area contributed by atoms with Gasteiger partial charge in [-0.3, -0.25) is 0 Å². The molecule has 0 saturated heterocycles. The van der Waals surface area contributed by atoms with Crippen molar-refractivity contribution < 1.29 is 29.2 Å². The van der Waals surface area contributed by atoms with E-state index in [4.69, 9.17) is 14.2 Å². The van der Waals surface area contributed by atoms with Crippen molar-refractivity contribution in [2.24, 2.45) is 0 Å². The molecule has 0 radical (unpaired) electrons. The number of aliphatic hydroxyl groups excluding tert-OH is 2. The van der Waals surface area contributed by atoms with E-state index in [0.29, 0.717) is 0 Å². The summed E-state index contributed by atoms with van der Waals surface area (Å²) in [4.78, 5) is 13.3. The molecule has 4 rings (SSSR count). The van der Waals surface area contributed by atoms with Crippen molar-refractivity contribution >= 4 is 5.97 Å². The minimum Gasteiger partial charge on any atom is -0.459 e. The predicted octanol–water partition coefficient (Wildman–Crippen LogP) is 3.79. The van der Waals surface area contributed by atoms with Crippen LogP contribution in [0.15, 0.2) is 91.0 Å². The molecule has 0 amide bonds. The lowest BCUT2D eigenvalue weighted by Gasteiger charge is -2.43. The molecule has 1 aliphatic carbocycles. The van der Waals surface area contributed by atoms with Crippen LogP contribution >= 0.6 is 0 Å². The van der Waals surface area contributed by atoms with Crippen molar-refractivity contribution in [3.63, 3.8) is 0 Å². The zero-order valence-corrected chi connectivity index (χ0v) is 19.0.